The molecule has 166 valence electrons. The Kier molecular flexibility index (Phi) is 5.31. The van der Waals surface area contributed by atoms with E-state index in [0.717, 1.165) is 65.4 Å². The van der Waals surface area contributed by atoms with Crippen LogP contribution in [0.5, 0.6) is 0 Å². The molecule has 4 aromatic heterocycles. The minimum absolute atomic E-state index is 0.0935. The molecule has 0 N–H and O–H groups in total. The SMILES string of the molecule is CC1CCc2c(sc3nc(SCc4cn5ccccc5n4)n(CC4CCCO4)c(=O)c23)C1. The largest absolute Gasteiger partial charge is 0.376 e. The van der Waals surface area contributed by atoms with E-state index in [4.69, 9.17) is 14.7 Å². The fourth-order valence-corrected chi connectivity index (χ4v) is 7.18. The summed E-state index contributed by atoms with van der Waals surface area (Å²) in [5.74, 6) is 1.35. The first-order chi connectivity index (χ1) is 15.7. The molecule has 0 radical (unpaired) electrons. The molecule has 6 nitrogen and oxygen atoms in total. The van der Waals surface area contributed by atoms with Gasteiger partial charge in [0.2, 0.25) is 0 Å². The summed E-state index contributed by atoms with van der Waals surface area (Å²) in [6.45, 7) is 3.66. The van der Waals surface area contributed by atoms with Crippen molar-refractivity contribution in [1.29, 1.82) is 0 Å². The summed E-state index contributed by atoms with van der Waals surface area (Å²) in [6, 6.07) is 6.00. The van der Waals surface area contributed by atoms with Gasteiger partial charge in [0.05, 0.1) is 23.7 Å². The van der Waals surface area contributed by atoms with Gasteiger partial charge in [-0.05, 0) is 55.7 Å². The van der Waals surface area contributed by atoms with Gasteiger partial charge in [-0.15, -0.1) is 11.3 Å². The first-order valence-electron chi connectivity index (χ1n) is 11.4. The van der Waals surface area contributed by atoms with Gasteiger partial charge in [-0.2, -0.15) is 0 Å². The number of aryl methyl sites for hydroxylation is 1. The van der Waals surface area contributed by atoms with E-state index in [9.17, 15) is 4.79 Å². The number of hydrogen-bond acceptors (Lipinski definition) is 6. The van der Waals surface area contributed by atoms with Crippen LogP contribution in [0.3, 0.4) is 0 Å². The van der Waals surface area contributed by atoms with Crippen molar-refractivity contribution in [2.24, 2.45) is 5.92 Å². The Hall–Kier alpha value is -2.16. The maximum Gasteiger partial charge on any atom is 0.263 e. The van der Waals surface area contributed by atoms with Crippen LogP contribution in [0.1, 0.15) is 42.3 Å². The highest BCUT2D eigenvalue weighted by Crippen LogP contribution is 2.37. The summed E-state index contributed by atoms with van der Waals surface area (Å²) in [5, 5.41) is 1.63. The minimum atomic E-state index is 0.0935. The van der Waals surface area contributed by atoms with E-state index in [0.29, 0.717) is 18.2 Å². The van der Waals surface area contributed by atoms with Gasteiger partial charge in [0.25, 0.3) is 5.56 Å². The van der Waals surface area contributed by atoms with Crippen molar-refractivity contribution in [2.45, 2.75) is 62.6 Å². The number of thiophene rings is 1. The highest BCUT2D eigenvalue weighted by Gasteiger charge is 2.26. The van der Waals surface area contributed by atoms with Gasteiger partial charge >= 0.3 is 0 Å². The summed E-state index contributed by atoms with van der Waals surface area (Å²) >= 11 is 3.32. The third-order valence-electron chi connectivity index (χ3n) is 6.55. The van der Waals surface area contributed by atoms with E-state index in [1.54, 1.807) is 23.1 Å². The number of fused-ring (bicyclic) bond motifs is 4. The molecule has 1 aliphatic heterocycles. The second-order valence-electron chi connectivity index (χ2n) is 8.96. The van der Waals surface area contributed by atoms with E-state index < -0.39 is 0 Å². The standard InChI is InChI=1S/C24H26N4O2S2/c1-15-7-8-18-19(11-15)32-22-21(18)23(29)28(13-17-5-4-10-30-17)24(26-22)31-14-16-12-27-9-3-2-6-20(27)25-16/h2-3,6,9,12,15,17H,4-5,7-8,10-11,13-14H2,1H3. The lowest BCUT2D eigenvalue weighted by Gasteiger charge is -2.18. The van der Waals surface area contributed by atoms with E-state index in [2.05, 4.69) is 13.1 Å². The highest BCUT2D eigenvalue weighted by molar-refractivity contribution is 7.98. The smallest absolute Gasteiger partial charge is 0.263 e. The predicted octanol–water partition coefficient (Wildman–Crippen LogP) is 4.70. The van der Waals surface area contributed by atoms with Crippen molar-refractivity contribution in [3.63, 3.8) is 0 Å². The third kappa shape index (κ3) is 3.68. The number of rotatable bonds is 5. The average Bonchev–Trinajstić information content (AvgIpc) is 3.51. The number of nitrogens with zero attached hydrogens (tertiary/aromatic N) is 4. The Morgan fingerprint density at radius 2 is 2.22 bits per heavy atom. The molecule has 32 heavy (non-hydrogen) atoms. The molecule has 2 aliphatic rings. The van der Waals surface area contributed by atoms with Crippen molar-refractivity contribution in [3.05, 3.63) is 57.1 Å². The molecule has 8 heteroatoms. The lowest BCUT2D eigenvalue weighted by Crippen LogP contribution is -2.29. The number of ether oxygens (including phenoxy) is 1. The number of pyridine rings is 1. The van der Waals surface area contributed by atoms with Crippen LogP contribution in [0.25, 0.3) is 15.9 Å². The fourth-order valence-electron chi connectivity index (χ4n) is 4.86. The fraction of sp³-hybridized carbons (Fsp3) is 0.458. The zero-order chi connectivity index (χ0) is 21.7. The summed E-state index contributed by atoms with van der Waals surface area (Å²) < 4.78 is 9.79. The minimum Gasteiger partial charge on any atom is -0.376 e. The van der Waals surface area contributed by atoms with Gasteiger partial charge in [-0.3, -0.25) is 9.36 Å². The monoisotopic (exact) mass is 466 g/mol. The first-order valence-corrected chi connectivity index (χ1v) is 13.2. The zero-order valence-electron chi connectivity index (χ0n) is 18.1. The lowest BCUT2D eigenvalue weighted by molar-refractivity contribution is 0.0937. The Bertz CT molecular complexity index is 1320. The topological polar surface area (TPSA) is 61.4 Å². The molecule has 0 bridgehead atoms. The van der Waals surface area contributed by atoms with Gasteiger partial charge in [0.1, 0.15) is 10.5 Å². The molecule has 0 amide bonds. The molecule has 2 unspecified atom stereocenters. The quantitative estimate of drug-likeness (QED) is 0.315. The van der Waals surface area contributed by atoms with Gasteiger partial charge < -0.3 is 9.14 Å². The summed E-state index contributed by atoms with van der Waals surface area (Å²) in [4.78, 5) is 25.7. The molecular weight excluding hydrogens is 440 g/mol. The lowest BCUT2D eigenvalue weighted by atomic mass is 9.89. The molecule has 1 aliphatic carbocycles. The third-order valence-corrected chi connectivity index (χ3v) is 8.71. The predicted molar refractivity (Wildman–Crippen MR) is 129 cm³/mol. The molecule has 2 atom stereocenters. The molecule has 5 heterocycles. The van der Waals surface area contributed by atoms with Gasteiger partial charge in [0, 0.05) is 29.6 Å². The summed E-state index contributed by atoms with van der Waals surface area (Å²) in [6.07, 6.45) is 9.40. The van der Waals surface area contributed by atoms with Crippen molar-refractivity contribution >= 4 is 39.0 Å². The second-order valence-corrected chi connectivity index (χ2v) is 11.0. The van der Waals surface area contributed by atoms with Crippen LogP contribution in [0.4, 0.5) is 0 Å². The number of hydrogen-bond donors (Lipinski definition) is 0. The Labute approximate surface area is 194 Å². The average molecular weight is 467 g/mol. The number of thioether (sulfide) groups is 1. The number of aromatic nitrogens is 4. The van der Waals surface area contributed by atoms with Crippen molar-refractivity contribution in [2.75, 3.05) is 6.61 Å². The summed E-state index contributed by atoms with van der Waals surface area (Å²) in [7, 11) is 0. The Balaban J connectivity index is 1.39. The maximum absolute atomic E-state index is 13.7. The Morgan fingerprint density at radius 1 is 1.28 bits per heavy atom. The van der Waals surface area contributed by atoms with Crippen LogP contribution in [-0.4, -0.2) is 31.6 Å². The van der Waals surface area contributed by atoms with Crippen LogP contribution < -0.4 is 5.56 Å². The normalized spacial score (nSPS) is 20.9. The molecule has 0 spiro atoms. The van der Waals surface area contributed by atoms with Gasteiger partial charge in [0.15, 0.2) is 5.16 Å². The highest BCUT2D eigenvalue weighted by atomic mass is 32.2. The van der Waals surface area contributed by atoms with Crippen molar-refractivity contribution in [3.8, 4) is 0 Å². The van der Waals surface area contributed by atoms with Crippen molar-refractivity contribution in [1.82, 2.24) is 18.9 Å². The van der Waals surface area contributed by atoms with Crippen LogP contribution in [0.2, 0.25) is 0 Å². The van der Waals surface area contributed by atoms with Crippen LogP contribution >= 0.6 is 23.1 Å². The molecule has 4 aromatic rings. The molecule has 1 saturated heterocycles. The summed E-state index contributed by atoms with van der Waals surface area (Å²) in [5.41, 5.74) is 3.27. The number of imidazole rings is 1. The van der Waals surface area contributed by atoms with E-state index in [-0.39, 0.29) is 11.7 Å². The van der Waals surface area contributed by atoms with Gasteiger partial charge in [-0.25, -0.2) is 9.97 Å². The van der Waals surface area contributed by atoms with E-state index in [1.807, 2.05) is 33.4 Å². The molecule has 0 aromatic carbocycles. The maximum atomic E-state index is 13.7. The van der Waals surface area contributed by atoms with Crippen molar-refractivity contribution < 1.29 is 4.74 Å². The zero-order valence-corrected chi connectivity index (χ0v) is 19.8. The molecular formula is C24H26N4O2S2. The second kappa shape index (κ2) is 8.32. The van der Waals surface area contributed by atoms with Gasteiger partial charge in [-0.1, -0.05) is 24.8 Å². The first kappa shape index (κ1) is 20.4. The van der Waals surface area contributed by atoms with E-state index >= 15 is 0 Å². The Morgan fingerprint density at radius 3 is 3.06 bits per heavy atom. The molecule has 1 fully saturated rings. The molecule has 6 rings (SSSR count). The van der Waals surface area contributed by atoms with Crippen LogP contribution in [-0.2, 0) is 29.9 Å². The van der Waals surface area contributed by atoms with Crippen LogP contribution in [0.15, 0.2) is 40.5 Å². The van der Waals surface area contributed by atoms with E-state index in [1.165, 1.54) is 10.4 Å². The van der Waals surface area contributed by atoms with Crippen LogP contribution in [0, 0.1) is 5.92 Å². The molecule has 0 saturated carbocycles.